The minimum Gasteiger partial charge on any atom is -0.483 e. The molecule has 0 atom stereocenters. The van der Waals surface area contributed by atoms with Crippen molar-refractivity contribution < 1.29 is 9.53 Å². The number of nitrogens with zero attached hydrogens (tertiary/aromatic N) is 1. The summed E-state index contributed by atoms with van der Waals surface area (Å²) >= 11 is 5.82. The third-order valence-electron chi connectivity index (χ3n) is 2.06. The summed E-state index contributed by atoms with van der Waals surface area (Å²) in [5.41, 5.74) is 3.28. The van der Waals surface area contributed by atoms with E-state index < -0.39 is 0 Å². The highest BCUT2D eigenvalue weighted by atomic mass is 35.5. The number of nitrogens with one attached hydrogen (secondary N) is 1. The fourth-order valence-corrected chi connectivity index (χ4v) is 1.44. The molecule has 0 spiro atoms. The normalized spacial score (nSPS) is 10.9. The number of carbonyl (C=O) groups is 1. The van der Waals surface area contributed by atoms with Crippen molar-refractivity contribution >= 4 is 23.7 Å². The number of amides is 1. The van der Waals surface area contributed by atoms with Crippen molar-refractivity contribution in [3.8, 4) is 5.75 Å². The van der Waals surface area contributed by atoms with Gasteiger partial charge in [-0.25, -0.2) is 5.43 Å². The Morgan fingerprint density at radius 2 is 2.28 bits per heavy atom. The third kappa shape index (κ3) is 5.19. The predicted molar refractivity (Wildman–Crippen MR) is 73.2 cm³/mol. The van der Waals surface area contributed by atoms with Gasteiger partial charge in [0, 0.05) is 11.2 Å². The third-order valence-corrected chi connectivity index (χ3v) is 2.29. The van der Waals surface area contributed by atoms with Crippen molar-refractivity contribution in [2.24, 2.45) is 11.0 Å². The second-order valence-electron chi connectivity index (χ2n) is 4.26. The fraction of sp³-hybridized carbons (Fsp3) is 0.385. The molecule has 1 aromatic carbocycles. The second-order valence-corrected chi connectivity index (χ2v) is 4.69. The number of rotatable bonds is 5. The maximum atomic E-state index is 11.4. The van der Waals surface area contributed by atoms with Crippen molar-refractivity contribution in [1.29, 1.82) is 0 Å². The molecule has 98 valence electrons. The van der Waals surface area contributed by atoms with Crippen LogP contribution in [0.15, 0.2) is 23.3 Å². The van der Waals surface area contributed by atoms with Gasteiger partial charge in [-0.1, -0.05) is 25.4 Å². The van der Waals surface area contributed by atoms with Gasteiger partial charge in [0.2, 0.25) is 0 Å². The Balaban J connectivity index is 2.43. The highest BCUT2D eigenvalue weighted by Crippen LogP contribution is 2.21. The van der Waals surface area contributed by atoms with Gasteiger partial charge in [-0.05, 0) is 36.6 Å². The highest BCUT2D eigenvalue weighted by Gasteiger charge is 2.04. The molecule has 0 bridgehead atoms. The van der Waals surface area contributed by atoms with E-state index >= 15 is 0 Å². The predicted octanol–water partition coefficient (Wildman–Crippen LogP) is 2.79. The molecule has 0 aliphatic heterocycles. The van der Waals surface area contributed by atoms with Gasteiger partial charge in [-0.3, -0.25) is 4.79 Å². The first-order valence-electron chi connectivity index (χ1n) is 5.70. The standard InChI is InChI=1S/C13H17ClN2O2/c1-9(2)7-15-16-13(17)8-18-12-5-4-11(14)6-10(12)3/h4-7,9H,8H2,1-3H3,(H,16,17)/b15-7-. The van der Waals surface area contributed by atoms with Gasteiger partial charge in [0.1, 0.15) is 5.75 Å². The van der Waals surface area contributed by atoms with Gasteiger partial charge < -0.3 is 4.74 Å². The number of benzene rings is 1. The number of ether oxygens (including phenoxy) is 1. The first-order valence-corrected chi connectivity index (χ1v) is 6.08. The van der Waals surface area contributed by atoms with Crippen LogP contribution in [0.2, 0.25) is 5.02 Å². The minimum absolute atomic E-state index is 0.0715. The molecule has 0 heterocycles. The molecule has 0 saturated heterocycles. The first kappa shape index (κ1) is 14.5. The van der Waals surface area contributed by atoms with Gasteiger partial charge in [0.15, 0.2) is 6.61 Å². The molecule has 1 aromatic rings. The fourth-order valence-electron chi connectivity index (χ4n) is 1.21. The molecule has 0 radical (unpaired) electrons. The summed E-state index contributed by atoms with van der Waals surface area (Å²) in [6, 6.07) is 5.24. The van der Waals surface area contributed by atoms with E-state index in [-0.39, 0.29) is 12.5 Å². The van der Waals surface area contributed by atoms with E-state index in [9.17, 15) is 4.79 Å². The molecule has 0 aliphatic rings. The van der Waals surface area contributed by atoms with Crippen molar-refractivity contribution in [1.82, 2.24) is 5.43 Å². The molecular weight excluding hydrogens is 252 g/mol. The van der Waals surface area contributed by atoms with E-state index in [1.54, 1.807) is 24.4 Å². The van der Waals surface area contributed by atoms with Crippen LogP contribution in [0.3, 0.4) is 0 Å². The SMILES string of the molecule is Cc1cc(Cl)ccc1OCC(=O)N/N=C\C(C)C. The molecule has 1 rings (SSSR count). The van der Waals surface area contributed by atoms with E-state index in [1.165, 1.54) is 0 Å². The number of hydrazone groups is 1. The Morgan fingerprint density at radius 1 is 1.56 bits per heavy atom. The van der Waals surface area contributed by atoms with E-state index in [4.69, 9.17) is 16.3 Å². The summed E-state index contributed by atoms with van der Waals surface area (Å²) in [6.07, 6.45) is 1.66. The average molecular weight is 269 g/mol. The van der Waals surface area contributed by atoms with E-state index in [0.29, 0.717) is 16.7 Å². The summed E-state index contributed by atoms with van der Waals surface area (Å²) in [5, 5.41) is 4.44. The lowest BCUT2D eigenvalue weighted by Gasteiger charge is -2.08. The molecule has 0 unspecified atom stereocenters. The monoisotopic (exact) mass is 268 g/mol. The zero-order chi connectivity index (χ0) is 13.5. The van der Waals surface area contributed by atoms with E-state index in [1.807, 2.05) is 20.8 Å². The highest BCUT2D eigenvalue weighted by molar-refractivity contribution is 6.30. The molecule has 0 saturated carbocycles. The molecular formula is C13H17ClN2O2. The molecule has 1 N–H and O–H groups in total. The summed E-state index contributed by atoms with van der Waals surface area (Å²) in [5.74, 6) is 0.647. The smallest absolute Gasteiger partial charge is 0.277 e. The molecule has 0 fully saturated rings. The van der Waals surface area contributed by atoms with Crippen LogP contribution in [0.1, 0.15) is 19.4 Å². The first-order chi connectivity index (χ1) is 8.49. The summed E-state index contributed by atoms with van der Waals surface area (Å²) < 4.78 is 5.37. The van der Waals surface area contributed by atoms with Crippen molar-refractivity contribution in [3.63, 3.8) is 0 Å². The quantitative estimate of drug-likeness (QED) is 0.659. The lowest BCUT2D eigenvalue weighted by atomic mass is 10.2. The number of aryl methyl sites for hydroxylation is 1. The average Bonchev–Trinajstić information content (AvgIpc) is 2.27. The Hall–Kier alpha value is -1.55. The number of hydrogen-bond donors (Lipinski definition) is 1. The Labute approximate surface area is 112 Å². The van der Waals surface area contributed by atoms with Crippen molar-refractivity contribution in [3.05, 3.63) is 28.8 Å². The van der Waals surface area contributed by atoms with Crippen LogP contribution in [0.25, 0.3) is 0 Å². The van der Waals surface area contributed by atoms with Crippen LogP contribution < -0.4 is 10.2 Å². The molecule has 5 heteroatoms. The van der Waals surface area contributed by atoms with Gasteiger partial charge in [-0.2, -0.15) is 5.10 Å². The second kappa shape index (κ2) is 7.01. The zero-order valence-corrected chi connectivity index (χ0v) is 11.5. The number of hydrogen-bond acceptors (Lipinski definition) is 3. The minimum atomic E-state index is -0.291. The van der Waals surface area contributed by atoms with Crippen LogP contribution in [0, 0.1) is 12.8 Å². The summed E-state index contributed by atoms with van der Waals surface area (Å²) in [7, 11) is 0. The van der Waals surface area contributed by atoms with Crippen molar-refractivity contribution in [2.45, 2.75) is 20.8 Å². The van der Waals surface area contributed by atoms with E-state index in [2.05, 4.69) is 10.5 Å². The van der Waals surface area contributed by atoms with Crippen LogP contribution in [0.4, 0.5) is 0 Å². The molecule has 0 aliphatic carbocycles. The molecule has 18 heavy (non-hydrogen) atoms. The van der Waals surface area contributed by atoms with Gasteiger partial charge >= 0.3 is 0 Å². The molecule has 4 nitrogen and oxygen atoms in total. The Morgan fingerprint density at radius 3 is 2.89 bits per heavy atom. The zero-order valence-electron chi connectivity index (χ0n) is 10.7. The maximum absolute atomic E-state index is 11.4. The van der Waals surface area contributed by atoms with Gasteiger partial charge in [-0.15, -0.1) is 0 Å². The molecule has 0 aromatic heterocycles. The lowest BCUT2D eigenvalue weighted by Crippen LogP contribution is -2.25. The summed E-state index contributed by atoms with van der Waals surface area (Å²) in [4.78, 5) is 11.4. The van der Waals surface area contributed by atoms with Crippen LogP contribution >= 0.6 is 11.6 Å². The van der Waals surface area contributed by atoms with Gasteiger partial charge in [0.25, 0.3) is 5.91 Å². The molecule has 1 amide bonds. The van der Waals surface area contributed by atoms with Crippen LogP contribution in [-0.4, -0.2) is 18.7 Å². The van der Waals surface area contributed by atoms with Crippen LogP contribution in [0.5, 0.6) is 5.75 Å². The summed E-state index contributed by atoms with van der Waals surface area (Å²) in [6.45, 7) is 5.75. The van der Waals surface area contributed by atoms with E-state index in [0.717, 1.165) is 5.56 Å². The Bertz CT molecular complexity index is 445. The van der Waals surface area contributed by atoms with Gasteiger partial charge in [0.05, 0.1) is 0 Å². The van der Waals surface area contributed by atoms with Crippen molar-refractivity contribution in [2.75, 3.05) is 6.61 Å². The number of halogens is 1. The Kier molecular flexibility index (Phi) is 5.65. The lowest BCUT2D eigenvalue weighted by molar-refractivity contribution is -0.123. The number of carbonyl (C=O) groups excluding carboxylic acids is 1. The maximum Gasteiger partial charge on any atom is 0.277 e. The largest absolute Gasteiger partial charge is 0.483 e. The topological polar surface area (TPSA) is 50.7 Å². The van der Waals surface area contributed by atoms with Crippen LogP contribution in [-0.2, 0) is 4.79 Å².